The van der Waals surface area contributed by atoms with Crippen LogP contribution in [0.25, 0.3) is 0 Å². The molecular weight excluding hydrogens is 266 g/mol. The van der Waals surface area contributed by atoms with Crippen molar-refractivity contribution in [3.63, 3.8) is 0 Å². The summed E-state index contributed by atoms with van der Waals surface area (Å²) in [5.41, 5.74) is 0. The fraction of sp³-hybridized carbons (Fsp3) is 0.400. The van der Waals surface area contributed by atoms with Crippen molar-refractivity contribution in [1.29, 1.82) is 0 Å². The number of alkyl halides is 6. The van der Waals surface area contributed by atoms with E-state index in [2.05, 4.69) is 4.74 Å². The number of benzene rings is 1. The lowest BCUT2D eigenvalue weighted by atomic mass is 10.3. The predicted octanol–water partition coefficient (Wildman–Crippen LogP) is 3.57. The molecule has 1 aromatic carbocycles. The first-order valence-corrected chi connectivity index (χ1v) is 4.58. The second kappa shape index (κ2) is 4.95. The lowest BCUT2D eigenvalue weighted by molar-refractivity contribution is -0.299. The first-order chi connectivity index (χ1) is 8.14. The van der Waals surface area contributed by atoms with E-state index in [0.29, 0.717) is 0 Å². The number of ether oxygens (including phenoxy) is 2. The van der Waals surface area contributed by atoms with Crippen LogP contribution in [0.15, 0.2) is 24.3 Å². The highest BCUT2D eigenvalue weighted by Gasteiger charge is 2.59. The highest BCUT2D eigenvalue weighted by molar-refractivity contribution is 5.31. The van der Waals surface area contributed by atoms with Gasteiger partial charge in [0, 0.05) is 0 Å². The third-order valence-electron chi connectivity index (χ3n) is 1.91. The van der Waals surface area contributed by atoms with Gasteiger partial charge in [-0.2, -0.15) is 26.3 Å². The van der Waals surface area contributed by atoms with Crippen molar-refractivity contribution in [3.8, 4) is 11.5 Å². The van der Waals surface area contributed by atoms with Gasteiger partial charge >= 0.3 is 12.4 Å². The van der Waals surface area contributed by atoms with Crippen molar-refractivity contribution in [2.75, 3.05) is 7.11 Å². The van der Waals surface area contributed by atoms with Crippen LogP contribution in [0, 0.1) is 0 Å². The second-order valence-corrected chi connectivity index (χ2v) is 3.26. The SMILES string of the molecule is COc1ccc(OC(C(F)(F)F)C(F)(F)F)cc1. The van der Waals surface area contributed by atoms with Crippen molar-refractivity contribution in [3.05, 3.63) is 24.3 Å². The molecule has 0 N–H and O–H groups in total. The van der Waals surface area contributed by atoms with Crippen LogP contribution in [-0.4, -0.2) is 25.6 Å². The average molecular weight is 274 g/mol. The monoisotopic (exact) mass is 274 g/mol. The third-order valence-corrected chi connectivity index (χ3v) is 1.91. The molecule has 8 heteroatoms. The van der Waals surface area contributed by atoms with E-state index >= 15 is 0 Å². The zero-order valence-electron chi connectivity index (χ0n) is 8.97. The van der Waals surface area contributed by atoms with Gasteiger partial charge in [0.05, 0.1) is 7.11 Å². The van der Waals surface area contributed by atoms with E-state index in [1.54, 1.807) is 0 Å². The Labute approximate surface area is 98.1 Å². The summed E-state index contributed by atoms with van der Waals surface area (Å²) in [4.78, 5) is 0. The van der Waals surface area contributed by atoms with Gasteiger partial charge in [-0.05, 0) is 24.3 Å². The molecular formula is C10H8F6O2. The molecule has 2 nitrogen and oxygen atoms in total. The van der Waals surface area contributed by atoms with Crippen molar-refractivity contribution < 1.29 is 35.8 Å². The van der Waals surface area contributed by atoms with E-state index < -0.39 is 24.2 Å². The molecule has 102 valence electrons. The average Bonchev–Trinajstić information content (AvgIpc) is 2.23. The number of rotatable bonds is 3. The molecule has 0 saturated heterocycles. The Morgan fingerprint density at radius 3 is 1.56 bits per heavy atom. The lowest BCUT2D eigenvalue weighted by Gasteiger charge is -2.23. The lowest BCUT2D eigenvalue weighted by Crippen LogP contribution is -2.46. The number of methoxy groups -OCH3 is 1. The Hall–Kier alpha value is -1.60. The van der Waals surface area contributed by atoms with Crippen LogP contribution in [0.4, 0.5) is 26.3 Å². The fourth-order valence-corrected chi connectivity index (χ4v) is 1.11. The van der Waals surface area contributed by atoms with Crippen LogP contribution in [0.1, 0.15) is 0 Å². The minimum atomic E-state index is -5.53. The Morgan fingerprint density at radius 2 is 1.22 bits per heavy atom. The van der Waals surface area contributed by atoms with Gasteiger partial charge in [0.1, 0.15) is 11.5 Å². The van der Waals surface area contributed by atoms with Crippen molar-refractivity contribution in [2.24, 2.45) is 0 Å². The summed E-state index contributed by atoms with van der Waals surface area (Å²) < 4.78 is 81.7. The summed E-state index contributed by atoms with van der Waals surface area (Å²) in [6.07, 6.45) is -14.9. The Bertz CT molecular complexity index is 367. The maximum atomic E-state index is 12.2. The molecule has 1 rings (SSSR count). The van der Waals surface area contributed by atoms with Crippen LogP contribution in [0.3, 0.4) is 0 Å². The van der Waals surface area contributed by atoms with Crippen molar-refractivity contribution in [2.45, 2.75) is 18.5 Å². The topological polar surface area (TPSA) is 18.5 Å². The van der Waals surface area contributed by atoms with E-state index in [-0.39, 0.29) is 5.75 Å². The quantitative estimate of drug-likeness (QED) is 0.784. The van der Waals surface area contributed by atoms with Crippen LogP contribution in [0.2, 0.25) is 0 Å². The molecule has 0 aromatic heterocycles. The van der Waals surface area contributed by atoms with Gasteiger partial charge in [-0.1, -0.05) is 0 Å². The normalized spacial score (nSPS) is 12.7. The maximum Gasteiger partial charge on any atom is 0.434 e. The highest BCUT2D eigenvalue weighted by Crippen LogP contribution is 2.36. The summed E-state index contributed by atoms with van der Waals surface area (Å²) in [6.45, 7) is 0. The summed E-state index contributed by atoms with van der Waals surface area (Å²) in [5, 5.41) is 0. The molecule has 0 heterocycles. The van der Waals surface area contributed by atoms with Gasteiger partial charge in [0.2, 0.25) is 0 Å². The molecule has 1 aromatic rings. The standard InChI is InChI=1S/C10H8F6O2/c1-17-6-2-4-7(5-3-6)18-8(9(11,12)13)10(14,15)16/h2-5,8H,1H3. The number of halogens is 6. The molecule has 0 aliphatic carbocycles. The maximum absolute atomic E-state index is 12.2. The predicted molar refractivity (Wildman–Crippen MR) is 49.5 cm³/mol. The molecule has 0 amide bonds. The van der Waals surface area contributed by atoms with E-state index in [1.807, 2.05) is 0 Å². The third kappa shape index (κ3) is 3.71. The minimum absolute atomic E-state index is 0.290. The van der Waals surface area contributed by atoms with Gasteiger partial charge in [0.15, 0.2) is 0 Å². The molecule has 18 heavy (non-hydrogen) atoms. The fourth-order valence-electron chi connectivity index (χ4n) is 1.11. The number of hydrogen-bond donors (Lipinski definition) is 0. The second-order valence-electron chi connectivity index (χ2n) is 3.26. The highest BCUT2D eigenvalue weighted by atomic mass is 19.4. The molecule has 0 radical (unpaired) electrons. The first kappa shape index (κ1) is 14.5. The van der Waals surface area contributed by atoms with Gasteiger partial charge < -0.3 is 9.47 Å². The van der Waals surface area contributed by atoms with E-state index in [4.69, 9.17) is 4.74 Å². The first-order valence-electron chi connectivity index (χ1n) is 4.58. The molecule has 0 bridgehead atoms. The summed E-state index contributed by atoms with van der Waals surface area (Å²) in [6, 6.07) is 4.31. The van der Waals surface area contributed by atoms with Crippen LogP contribution < -0.4 is 9.47 Å². The van der Waals surface area contributed by atoms with Gasteiger partial charge in [-0.25, -0.2) is 0 Å². The van der Waals surface area contributed by atoms with Crippen LogP contribution in [0.5, 0.6) is 11.5 Å². The van der Waals surface area contributed by atoms with Crippen LogP contribution in [-0.2, 0) is 0 Å². The zero-order valence-corrected chi connectivity index (χ0v) is 8.97. The van der Waals surface area contributed by atoms with Crippen molar-refractivity contribution >= 4 is 0 Å². The molecule has 0 aliphatic rings. The smallest absolute Gasteiger partial charge is 0.434 e. The molecule has 0 unspecified atom stereocenters. The van der Waals surface area contributed by atoms with Gasteiger partial charge in [-0.15, -0.1) is 0 Å². The minimum Gasteiger partial charge on any atom is -0.497 e. The summed E-state index contributed by atoms with van der Waals surface area (Å²) >= 11 is 0. The number of hydrogen-bond acceptors (Lipinski definition) is 2. The van der Waals surface area contributed by atoms with Crippen LogP contribution >= 0.6 is 0 Å². The molecule has 0 saturated carbocycles. The van der Waals surface area contributed by atoms with E-state index in [9.17, 15) is 26.3 Å². The Balaban J connectivity index is 2.90. The summed E-state index contributed by atoms with van der Waals surface area (Å²) in [7, 11) is 1.31. The molecule has 0 atom stereocenters. The van der Waals surface area contributed by atoms with Gasteiger partial charge in [0.25, 0.3) is 6.10 Å². The Morgan fingerprint density at radius 1 is 0.833 bits per heavy atom. The molecule has 0 aliphatic heterocycles. The van der Waals surface area contributed by atoms with Gasteiger partial charge in [-0.3, -0.25) is 0 Å². The largest absolute Gasteiger partial charge is 0.497 e. The van der Waals surface area contributed by atoms with E-state index in [0.717, 1.165) is 12.1 Å². The Kier molecular flexibility index (Phi) is 3.98. The summed E-state index contributed by atoms with van der Waals surface area (Å²) in [5.74, 6) is -0.256. The molecule has 0 fully saturated rings. The van der Waals surface area contributed by atoms with E-state index in [1.165, 1.54) is 19.2 Å². The molecule has 0 spiro atoms. The van der Waals surface area contributed by atoms with Crippen molar-refractivity contribution in [1.82, 2.24) is 0 Å². The zero-order chi connectivity index (χ0) is 14.0.